The summed E-state index contributed by atoms with van der Waals surface area (Å²) < 4.78 is 28.4. The summed E-state index contributed by atoms with van der Waals surface area (Å²) in [6.07, 6.45) is 3.58. The molecule has 1 unspecified atom stereocenters. The van der Waals surface area contributed by atoms with Crippen molar-refractivity contribution in [1.82, 2.24) is 4.90 Å². The molecule has 0 fully saturated rings. The fourth-order valence-corrected chi connectivity index (χ4v) is 2.60. The number of rotatable bonds is 5. The number of benzene rings is 1. The number of para-hydroxylation sites is 1. The van der Waals surface area contributed by atoms with Gasteiger partial charge in [0.15, 0.2) is 0 Å². The molecule has 1 aromatic rings. The van der Waals surface area contributed by atoms with E-state index < -0.39 is 0 Å². The van der Waals surface area contributed by atoms with E-state index in [0.29, 0.717) is 6.04 Å². The molecule has 5 nitrogen and oxygen atoms in total. The number of ether oxygens (including phenoxy) is 1. The second kappa shape index (κ2) is 19.8. The van der Waals surface area contributed by atoms with Gasteiger partial charge in [-0.25, -0.2) is 0 Å². The Morgan fingerprint density at radius 2 is 1.50 bits per heavy atom. The summed E-state index contributed by atoms with van der Waals surface area (Å²) >= 11 is 0. The van der Waals surface area contributed by atoms with Crippen LogP contribution in [0.3, 0.4) is 0 Å². The second-order valence-electron chi connectivity index (χ2n) is 4.81. The van der Waals surface area contributed by atoms with Crippen molar-refractivity contribution in [3.8, 4) is 5.75 Å². The van der Waals surface area contributed by atoms with Crippen molar-refractivity contribution in [3.05, 3.63) is 49.8 Å². The number of hydrogen-bond acceptors (Lipinski definition) is 2. The molecule has 0 aromatic heterocycles. The van der Waals surface area contributed by atoms with E-state index in [1.807, 2.05) is 0 Å². The summed E-state index contributed by atoms with van der Waals surface area (Å²) in [5.41, 5.74) is 1.36. The Morgan fingerprint density at radius 3 is 2.00 bits per heavy atom. The molecule has 1 aromatic carbocycles. The topological polar surface area (TPSA) is 72.2 Å². The van der Waals surface area contributed by atoms with Crippen LogP contribution < -0.4 is 4.74 Å². The first kappa shape index (κ1) is 27.6. The minimum absolute atomic E-state index is 0. The molecule has 0 saturated carbocycles. The minimum atomic E-state index is 0. The van der Waals surface area contributed by atoms with E-state index in [9.17, 15) is 0 Å². The van der Waals surface area contributed by atoms with Crippen LogP contribution in [0.5, 0.6) is 5.75 Å². The van der Waals surface area contributed by atoms with E-state index in [0.717, 1.165) is 18.8 Å². The summed E-state index contributed by atoms with van der Waals surface area (Å²) in [6, 6.07) is 8.99. The number of nitrogens with zero attached hydrogens (tertiary/aromatic N) is 1. The molecule has 2 rings (SSSR count). The largest absolute Gasteiger partial charge is 0 e. The third kappa shape index (κ3) is 9.78. The van der Waals surface area contributed by atoms with Gasteiger partial charge in [0.25, 0.3) is 0 Å². The van der Waals surface area contributed by atoms with Gasteiger partial charge in [0.2, 0.25) is 0 Å². The zero-order valence-electron chi connectivity index (χ0n) is 14.1. The van der Waals surface area contributed by atoms with Crippen LogP contribution in [-0.2, 0) is 37.7 Å². The molecule has 0 N–H and O–H groups in total. The molecule has 0 saturated heterocycles. The van der Waals surface area contributed by atoms with Crippen LogP contribution in [0.25, 0.3) is 0 Å². The standard InChI is InChI=1S/C15H23NO.3CO.Cr/c1-3-9-16(10-4-2)14-11-13-7-5-6-8-15(13)17-12-14;3*1-2;/h5-8,14H,3-4,9-12H2,1-2H3;;;;. The fraction of sp³-hybridized carbons (Fsp3) is 0.500. The SMILES string of the molecule is CCCN(CCC)C1COc2ccccc2C1.[C-]#[O+].[C-]#[O+].[C-]#[O+].[Cr]. The predicted octanol–water partition coefficient (Wildman–Crippen LogP) is 3.00. The van der Waals surface area contributed by atoms with E-state index in [1.165, 1.54) is 31.5 Å². The van der Waals surface area contributed by atoms with E-state index in [2.05, 4.69) is 63.0 Å². The van der Waals surface area contributed by atoms with E-state index in [-0.39, 0.29) is 17.4 Å². The molecule has 1 aliphatic heterocycles. The summed E-state index contributed by atoms with van der Waals surface area (Å²) in [7, 11) is 0. The zero-order valence-corrected chi connectivity index (χ0v) is 15.4. The van der Waals surface area contributed by atoms with Gasteiger partial charge in [-0.15, -0.1) is 0 Å². The van der Waals surface area contributed by atoms with Crippen molar-refractivity contribution in [2.24, 2.45) is 0 Å². The predicted molar refractivity (Wildman–Crippen MR) is 83.4 cm³/mol. The van der Waals surface area contributed by atoms with Crippen LogP contribution in [0.2, 0.25) is 0 Å². The molecule has 0 aliphatic carbocycles. The van der Waals surface area contributed by atoms with Gasteiger partial charge < -0.3 is 4.74 Å². The van der Waals surface area contributed by atoms with Gasteiger partial charge in [-0.1, -0.05) is 32.0 Å². The Morgan fingerprint density at radius 1 is 1.00 bits per heavy atom. The molecule has 0 bridgehead atoms. The molecule has 1 heterocycles. The Balaban J connectivity index is -0.000000569. The Labute approximate surface area is 155 Å². The Kier molecular flexibility index (Phi) is 22.7. The van der Waals surface area contributed by atoms with Gasteiger partial charge >= 0.3 is 33.9 Å². The van der Waals surface area contributed by atoms with Gasteiger partial charge in [-0.3, -0.25) is 4.90 Å². The smallest absolute Gasteiger partial charge is 0 e. The first-order valence-corrected chi connectivity index (χ1v) is 7.41. The molecule has 130 valence electrons. The third-order valence-corrected chi connectivity index (χ3v) is 3.40. The van der Waals surface area contributed by atoms with Gasteiger partial charge in [0.05, 0.1) is 0 Å². The quantitative estimate of drug-likeness (QED) is 0.591. The summed E-state index contributed by atoms with van der Waals surface area (Å²) in [4.78, 5) is 2.58. The maximum atomic E-state index is 7.50. The molecule has 0 radical (unpaired) electrons. The zero-order chi connectivity index (χ0) is 18.1. The molecule has 1 atom stereocenters. The van der Waals surface area contributed by atoms with Crippen LogP contribution in [0.15, 0.2) is 24.3 Å². The molecule has 0 amide bonds. The normalized spacial score (nSPS) is 13.6. The second-order valence-corrected chi connectivity index (χ2v) is 4.81. The number of hydrogen-bond donors (Lipinski definition) is 0. The van der Waals surface area contributed by atoms with E-state index in [1.54, 1.807) is 0 Å². The van der Waals surface area contributed by atoms with Crippen molar-refractivity contribution >= 4 is 0 Å². The van der Waals surface area contributed by atoms with E-state index in [4.69, 9.17) is 18.7 Å². The van der Waals surface area contributed by atoms with Crippen molar-refractivity contribution in [2.45, 2.75) is 39.2 Å². The van der Waals surface area contributed by atoms with Gasteiger partial charge in [-0.2, -0.15) is 0 Å². The first-order valence-electron chi connectivity index (χ1n) is 7.41. The Bertz CT molecular complexity index is 453. The van der Waals surface area contributed by atoms with Crippen LogP contribution in [0.4, 0.5) is 0 Å². The van der Waals surface area contributed by atoms with Crippen molar-refractivity contribution in [1.29, 1.82) is 0 Å². The molecular weight excluding hydrogens is 346 g/mol. The van der Waals surface area contributed by atoms with Gasteiger partial charge in [0, 0.05) is 23.4 Å². The summed E-state index contributed by atoms with van der Waals surface area (Å²) in [5.74, 6) is 1.08. The monoisotopic (exact) mass is 369 g/mol. The van der Waals surface area contributed by atoms with Crippen molar-refractivity contribution in [3.63, 3.8) is 0 Å². The maximum absolute atomic E-state index is 7.50. The summed E-state index contributed by atoms with van der Waals surface area (Å²) in [6.45, 7) is 21.2. The molecule has 24 heavy (non-hydrogen) atoms. The fourth-order valence-electron chi connectivity index (χ4n) is 2.60. The molecule has 1 aliphatic rings. The average Bonchev–Trinajstić information content (AvgIpc) is 2.66. The first-order chi connectivity index (χ1) is 11.3. The van der Waals surface area contributed by atoms with Gasteiger partial charge in [-0.05, 0) is 44.0 Å². The van der Waals surface area contributed by atoms with Crippen LogP contribution in [0, 0.1) is 20.0 Å². The van der Waals surface area contributed by atoms with Crippen molar-refractivity contribution < 1.29 is 36.1 Å². The van der Waals surface area contributed by atoms with Crippen LogP contribution >= 0.6 is 0 Å². The average molecular weight is 369 g/mol. The van der Waals surface area contributed by atoms with Crippen molar-refractivity contribution in [2.75, 3.05) is 19.7 Å². The van der Waals surface area contributed by atoms with Crippen LogP contribution in [-0.4, -0.2) is 30.6 Å². The molecule has 0 spiro atoms. The molecule has 6 heteroatoms. The van der Waals surface area contributed by atoms with Gasteiger partial charge in [0.1, 0.15) is 12.4 Å². The third-order valence-electron chi connectivity index (χ3n) is 3.40. The maximum Gasteiger partial charge on any atom is 0 e. The number of fused-ring (bicyclic) bond motifs is 1. The van der Waals surface area contributed by atoms with E-state index >= 15 is 0 Å². The minimum Gasteiger partial charge on any atom is 0 e. The van der Waals surface area contributed by atoms with Crippen LogP contribution in [0.1, 0.15) is 32.3 Å². The summed E-state index contributed by atoms with van der Waals surface area (Å²) in [5, 5.41) is 0. The molecular formula is C18H23CrNO4. The Hall–Kier alpha value is -1.27.